The number of aryl methyl sites for hydroxylation is 1. The Morgan fingerprint density at radius 1 is 1.22 bits per heavy atom. The lowest BCUT2D eigenvalue weighted by molar-refractivity contribution is -0.137. The zero-order valence-electron chi connectivity index (χ0n) is 14.4. The van der Waals surface area contributed by atoms with Gasteiger partial charge in [0.15, 0.2) is 5.65 Å². The summed E-state index contributed by atoms with van der Waals surface area (Å²) < 4.78 is 16.0. The third kappa shape index (κ3) is 2.75. The third-order valence-electron chi connectivity index (χ3n) is 4.43. The second kappa shape index (κ2) is 6.31. The summed E-state index contributed by atoms with van der Waals surface area (Å²) in [4.78, 5) is 27.9. The van der Waals surface area contributed by atoms with Crippen LogP contribution in [0.15, 0.2) is 47.5 Å². The highest BCUT2D eigenvalue weighted by Gasteiger charge is 2.18. The van der Waals surface area contributed by atoms with Gasteiger partial charge >= 0.3 is 5.97 Å². The van der Waals surface area contributed by atoms with E-state index in [0.717, 1.165) is 21.4 Å². The molecule has 136 valence electrons. The fourth-order valence-electron chi connectivity index (χ4n) is 3.18. The molecule has 0 bridgehead atoms. The standard InChI is InChI=1S/C19H15FN4O3/c1-2-14-17(11-3-5-12(20)6-4-11)18-21-9-13-15(24(18)22-14)7-8-23(19(13)27)10-16(25)26/h3-9H,2,10H2,1H3,(H,25,26). The van der Waals surface area contributed by atoms with Crippen LogP contribution in [-0.2, 0) is 17.8 Å². The molecule has 0 aliphatic rings. The van der Waals surface area contributed by atoms with Gasteiger partial charge in [-0.25, -0.2) is 13.9 Å². The van der Waals surface area contributed by atoms with Gasteiger partial charge < -0.3 is 9.67 Å². The molecular weight excluding hydrogens is 351 g/mol. The Kier molecular flexibility index (Phi) is 3.95. The Labute approximate surface area is 152 Å². The van der Waals surface area contributed by atoms with Crippen molar-refractivity contribution in [1.82, 2.24) is 19.2 Å². The van der Waals surface area contributed by atoms with Crippen LogP contribution in [-0.4, -0.2) is 30.2 Å². The van der Waals surface area contributed by atoms with Crippen LogP contribution >= 0.6 is 0 Å². The van der Waals surface area contributed by atoms with Crippen LogP contribution in [0.2, 0.25) is 0 Å². The molecule has 0 atom stereocenters. The summed E-state index contributed by atoms with van der Waals surface area (Å²) in [5.74, 6) is -1.43. The van der Waals surface area contributed by atoms with Gasteiger partial charge in [0.25, 0.3) is 5.56 Å². The van der Waals surface area contributed by atoms with Gasteiger partial charge in [-0.2, -0.15) is 5.10 Å². The molecule has 0 radical (unpaired) electrons. The molecule has 1 N–H and O–H groups in total. The highest BCUT2D eigenvalue weighted by Crippen LogP contribution is 2.29. The summed E-state index contributed by atoms with van der Waals surface area (Å²) >= 11 is 0. The number of hydrogen-bond donors (Lipinski definition) is 1. The van der Waals surface area contributed by atoms with E-state index in [1.807, 2.05) is 6.92 Å². The first-order chi connectivity index (χ1) is 13.0. The highest BCUT2D eigenvalue weighted by molar-refractivity contribution is 5.86. The third-order valence-corrected chi connectivity index (χ3v) is 4.43. The van der Waals surface area contributed by atoms with Crippen LogP contribution in [0.5, 0.6) is 0 Å². The van der Waals surface area contributed by atoms with E-state index in [-0.39, 0.29) is 11.2 Å². The molecular formula is C19H15FN4O3. The van der Waals surface area contributed by atoms with E-state index in [9.17, 15) is 14.0 Å². The monoisotopic (exact) mass is 366 g/mol. The number of halogens is 1. The lowest BCUT2D eigenvalue weighted by Crippen LogP contribution is -2.24. The quantitative estimate of drug-likeness (QED) is 0.599. The Bertz CT molecular complexity index is 1240. The fraction of sp³-hybridized carbons (Fsp3) is 0.158. The minimum absolute atomic E-state index is 0.280. The minimum atomic E-state index is -1.10. The van der Waals surface area contributed by atoms with Crippen LogP contribution in [0.25, 0.3) is 27.7 Å². The number of rotatable bonds is 4. The highest BCUT2D eigenvalue weighted by atomic mass is 19.1. The number of fused-ring (bicyclic) bond motifs is 3. The lowest BCUT2D eigenvalue weighted by atomic mass is 10.0. The SMILES string of the molecule is CCc1nn2c(ncc3c(=O)n(CC(=O)O)ccc32)c1-c1ccc(F)cc1. The second-order valence-electron chi connectivity index (χ2n) is 6.12. The minimum Gasteiger partial charge on any atom is -0.480 e. The van der Waals surface area contributed by atoms with Gasteiger partial charge in [-0.05, 0) is 30.2 Å². The summed E-state index contributed by atoms with van der Waals surface area (Å²) in [7, 11) is 0. The van der Waals surface area contributed by atoms with E-state index in [0.29, 0.717) is 17.6 Å². The number of aromatic nitrogens is 4. The van der Waals surface area contributed by atoms with Crippen LogP contribution in [0.1, 0.15) is 12.6 Å². The number of benzene rings is 1. The molecule has 0 unspecified atom stereocenters. The molecule has 7 nitrogen and oxygen atoms in total. The first-order valence-corrected chi connectivity index (χ1v) is 8.37. The van der Waals surface area contributed by atoms with Gasteiger partial charge in [-0.3, -0.25) is 9.59 Å². The molecule has 27 heavy (non-hydrogen) atoms. The molecule has 0 aliphatic heterocycles. The first-order valence-electron chi connectivity index (χ1n) is 8.37. The molecule has 8 heteroatoms. The van der Waals surface area contributed by atoms with Gasteiger partial charge in [-0.15, -0.1) is 0 Å². The van der Waals surface area contributed by atoms with E-state index in [1.54, 1.807) is 22.7 Å². The van der Waals surface area contributed by atoms with Crippen molar-refractivity contribution in [2.45, 2.75) is 19.9 Å². The summed E-state index contributed by atoms with van der Waals surface area (Å²) in [6.07, 6.45) is 3.50. The van der Waals surface area contributed by atoms with Crippen molar-refractivity contribution in [3.8, 4) is 11.1 Å². The van der Waals surface area contributed by atoms with Gasteiger partial charge in [0, 0.05) is 18.0 Å². The number of carboxylic acid groups (broad SMARTS) is 1. The maximum Gasteiger partial charge on any atom is 0.323 e. The molecule has 3 heterocycles. The van der Waals surface area contributed by atoms with E-state index in [1.165, 1.54) is 24.5 Å². The average Bonchev–Trinajstić information content (AvgIpc) is 3.03. The number of hydrogen-bond acceptors (Lipinski definition) is 4. The molecule has 4 aromatic rings. The van der Waals surface area contributed by atoms with Gasteiger partial charge in [-0.1, -0.05) is 19.1 Å². The molecule has 0 amide bonds. The van der Waals surface area contributed by atoms with E-state index < -0.39 is 18.1 Å². The van der Waals surface area contributed by atoms with Crippen LogP contribution < -0.4 is 5.56 Å². The molecule has 3 aromatic heterocycles. The van der Waals surface area contributed by atoms with E-state index >= 15 is 0 Å². The molecule has 0 spiro atoms. The van der Waals surface area contributed by atoms with Crippen LogP contribution in [0.3, 0.4) is 0 Å². The zero-order chi connectivity index (χ0) is 19.1. The van der Waals surface area contributed by atoms with Crippen molar-refractivity contribution < 1.29 is 14.3 Å². The van der Waals surface area contributed by atoms with Crippen molar-refractivity contribution in [3.63, 3.8) is 0 Å². The van der Waals surface area contributed by atoms with Crippen LogP contribution in [0.4, 0.5) is 4.39 Å². The molecule has 0 fully saturated rings. The Morgan fingerprint density at radius 2 is 1.96 bits per heavy atom. The van der Waals surface area contributed by atoms with Gasteiger partial charge in [0.1, 0.15) is 12.4 Å². The summed E-state index contributed by atoms with van der Waals surface area (Å²) in [6.45, 7) is 1.53. The van der Waals surface area contributed by atoms with Gasteiger partial charge in [0.2, 0.25) is 0 Å². The van der Waals surface area contributed by atoms with E-state index in [2.05, 4.69) is 10.1 Å². The Morgan fingerprint density at radius 3 is 2.63 bits per heavy atom. The van der Waals surface area contributed by atoms with E-state index in [4.69, 9.17) is 5.11 Å². The topological polar surface area (TPSA) is 89.5 Å². The zero-order valence-corrected chi connectivity index (χ0v) is 14.4. The number of aliphatic carboxylic acids is 1. The predicted octanol–water partition coefficient (Wildman–Crippen LogP) is 2.50. The largest absolute Gasteiger partial charge is 0.480 e. The predicted molar refractivity (Wildman–Crippen MR) is 97.2 cm³/mol. The number of carbonyl (C=O) groups is 1. The van der Waals surface area contributed by atoms with Crippen molar-refractivity contribution in [3.05, 3.63) is 64.6 Å². The van der Waals surface area contributed by atoms with Crippen LogP contribution in [0, 0.1) is 5.82 Å². The van der Waals surface area contributed by atoms with Gasteiger partial charge in [0.05, 0.1) is 16.6 Å². The molecule has 4 rings (SSSR count). The fourth-order valence-corrected chi connectivity index (χ4v) is 3.18. The summed E-state index contributed by atoms with van der Waals surface area (Å²) in [5, 5.41) is 13.8. The second-order valence-corrected chi connectivity index (χ2v) is 6.12. The number of pyridine rings is 1. The average molecular weight is 366 g/mol. The molecule has 0 aliphatic carbocycles. The molecule has 0 saturated heterocycles. The van der Waals surface area contributed by atoms with Crippen molar-refractivity contribution in [2.24, 2.45) is 0 Å². The number of nitrogens with zero attached hydrogens (tertiary/aromatic N) is 4. The molecule has 1 aromatic carbocycles. The van der Waals surface area contributed by atoms with Crippen molar-refractivity contribution in [2.75, 3.05) is 0 Å². The summed E-state index contributed by atoms with van der Waals surface area (Å²) in [5.41, 5.74) is 3.00. The smallest absolute Gasteiger partial charge is 0.323 e. The normalized spacial score (nSPS) is 11.3. The summed E-state index contributed by atoms with van der Waals surface area (Å²) in [6, 6.07) is 7.74. The first kappa shape index (κ1) is 16.9. The maximum absolute atomic E-state index is 13.3. The lowest BCUT2D eigenvalue weighted by Gasteiger charge is -2.06. The maximum atomic E-state index is 13.3. The Balaban J connectivity index is 2.01. The molecule has 0 saturated carbocycles. The number of carboxylic acids is 1. The van der Waals surface area contributed by atoms with Crippen molar-refractivity contribution in [1.29, 1.82) is 0 Å². The Hall–Kier alpha value is -3.55. The van der Waals surface area contributed by atoms with Crippen molar-refractivity contribution >= 4 is 22.5 Å².